The lowest BCUT2D eigenvalue weighted by Crippen LogP contribution is -2.02. The van der Waals surface area contributed by atoms with Crippen molar-refractivity contribution in [1.29, 1.82) is 5.26 Å². The number of hydrogen-bond donors (Lipinski definition) is 0. The summed E-state index contributed by atoms with van der Waals surface area (Å²) in [4.78, 5) is 9.33. The number of unbranched alkanes of at least 4 members (excludes halogenated alkanes) is 1. The summed E-state index contributed by atoms with van der Waals surface area (Å²) < 4.78 is 2.13. The van der Waals surface area contributed by atoms with Crippen LogP contribution in [0.4, 0.5) is 0 Å². The quantitative estimate of drug-likeness (QED) is 0.682. The molecule has 0 atom stereocenters. The molecule has 4 nitrogen and oxygen atoms in total. The number of nitrogens with zero attached hydrogens (tertiary/aromatic N) is 4. The van der Waals surface area contributed by atoms with Crippen LogP contribution in [-0.4, -0.2) is 14.5 Å². The van der Waals surface area contributed by atoms with Gasteiger partial charge in [-0.2, -0.15) is 5.26 Å². The van der Waals surface area contributed by atoms with Crippen LogP contribution >= 0.6 is 0 Å². The Balaban J connectivity index is 2.15. The Labute approximate surface area is 130 Å². The number of aromatic nitrogens is 3. The lowest BCUT2D eigenvalue weighted by molar-refractivity contribution is 0.670. The third-order valence-corrected chi connectivity index (χ3v) is 3.67. The molecule has 2 aromatic heterocycles. The fraction of sp³-hybridized carbons (Fsp3) is 0.278. The van der Waals surface area contributed by atoms with Crippen molar-refractivity contribution < 1.29 is 0 Å². The van der Waals surface area contributed by atoms with Gasteiger partial charge in [0.1, 0.15) is 11.3 Å². The van der Waals surface area contributed by atoms with E-state index in [4.69, 9.17) is 10.2 Å². The first-order valence-corrected chi connectivity index (χ1v) is 7.46. The molecule has 0 N–H and O–H groups in total. The number of hydrogen-bond acceptors (Lipinski definition) is 3. The molecule has 0 saturated carbocycles. The zero-order chi connectivity index (χ0) is 15.5. The van der Waals surface area contributed by atoms with Crippen molar-refractivity contribution in [2.45, 2.75) is 33.2 Å². The van der Waals surface area contributed by atoms with Crippen molar-refractivity contribution in [3.8, 4) is 17.5 Å². The largest absolute Gasteiger partial charge is 0.309 e. The van der Waals surface area contributed by atoms with Crippen molar-refractivity contribution in [1.82, 2.24) is 14.5 Å². The van der Waals surface area contributed by atoms with E-state index in [1.807, 2.05) is 19.2 Å². The highest BCUT2D eigenvalue weighted by Gasteiger charge is 2.13. The molecule has 22 heavy (non-hydrogen) atoms. The Hall–Kier alpha value is -2.67. The van der Waals surface area contributed by atoms with Gasteiger partial charge in [0, 0.05) is 24.7 Å². The number of benzene rings is 1. The molecule has 0 amide bonds. The summed E-state index contributed by atoms with van der Waals surface area (Å²) in [5.41, 5.74) is 5.20. The molecule has 1 aromatic carbocycles. The molecule has 0 saturated heterocycles. The van der Waals surface area contributed by atoms with Crippen LogP contribution in [0.2, 0.25) is 0 Å². The summed E-state index contributed by atoms with van der Waals surface area (Å²) in [5, 5.41) is 8.78. The first kappa shape index (κ1) is 14.3. The zero-order valence-electron chi connectivity index (χ0n) is 12.9. The fourth-order valence-electron chi connectivity index (χ4n) is 2.64. The monoisotopic (exact) mass is 290 g/mol. The molecule has 2 heterocycles. The molecule has 0 radical (unpaired) electrons. The number of fused-ring (bicyclic) bond motifs is 1. The minimum absolute atomic E-state index is 0.540. The van der Waals surface area contributed by atoms with Gasteiger partial charge in [-0.3, -0.25) is 0 Å². The summed E-state index contributed by atoms with van der Waals surface area (Å²) >= 11 is 0. The smallest absolute Gasteiger partial charge is 0.160 e. The number of rotatable bonds is 4. The van der Waals surface area contributed by atoms with Crippen LogP contribution in [0.3, 0.4) is 0 Å². The van der Waals surface area contributed by atoms with Gasteiger partial charge in [0.2, 0.25) is 0 Å². The highest BCUT2D eigenvalue weighted by atomic mass is 15.1. The summed E-state index contributed by atoms with van der Waals surface area (Å²) in [5.74, 6) is 0.926. The lowest BCUT2D eigenvalue weighted by atomic mass is 10.1. The molecule has 0 aliphatic rings. The summed E-state index contributed by atoms with van der Waals surface area (Å²) in [6.45, 7) is 4.85. The topological polar surface area (TPSA) is 54.5 Å². The lowest BCUT2D eigenvalue weighted by Gasteiger charge is -2.08. The van der Waals surface area contributed by atoms with E-state index in [1.54, 1.807) is 0 Å². The molecular formula is C18H18N4. The Morgan fingerprint density at radius 2 is 2.05 bits per heavy atom. The molecular weight excluding hydrogens is 272 g/mol. The second-order valence-corrected chi connectivity index (χ2v) is 5.57. The van der Waals surface area contributed by atoms with Gasteiger partial charge in [0.15, 0.2) is 5.65 Å². The van der Waals surface area contributed by atoms with Crippen LogP contribution in [-0.2, 0) is 6.54 Å². The van der Waals surface area contributed by atoms with E-state index in [2.05, 4.69) is 46.8 Å². The Kier molecular flexibility index (Phi) is 3.88. The molecule has 110 valence electrons. The molecule has 0 aliphatic carbocycles. The van der Waals surface area contributed by atoms with E-state index >= 15 is 0 Å². The highest BCUT2D eigenvalue weighted by Crippen LogP contribution is 2.25. The van der Waals surface area contributed by atoms with Gasteiger partial charge in [0.25, 0.3) is 0 Å². The second kappa shape index (κ2) is 5.98. The van der Waals surface area contributed by atoms with Crippen LogP contribution in [0.5, 0.6) is 0 Å². The van der Waals surface area contributed by atoms with E-state index in [0.29, 0.717) is 6.42 Å². The molecule has 3 aromatic rings. The Morgan fingerprint density at radius 3 is 2.82 bits per heavy atom. The SMILES string of the molecule is Cc1cccc(-c2nc3cc(C)cnc3n2CCCC#N)c1. The summed E-state index contributed by atoms with van der Waals surface area (Å²) in [6.07, 6.45) is 3.21. The molecule has 0 aliphatic heterocycles. The van der Waals surface area contributed by atoms with Gasteiger partial charge in [-0.1, -0.05) is 23.8 Å². The average molecular weight is 290 g/mol. The van der Waals surface area contributed by atoms with E-state index in [0.717, 1.165) is 41.1 Å². The van der Waals surface area contributed by atoms with Crippen molar-refractivity contribution in [2.24, 2.45) is 0 Å². The van der Waals surface area contributed by atoms with Gasteiger partial charge in [-0.15, -0.1) is 0 Å². The Bertz CT molecular complexity index is 855. The maximum absolute atomic E-state index is 8.78. The van der Waals surface area contributed by atoms with Gasteiger partial charge in [0.05, 0.1) is 6.07 Å². The van der Waals surface area contributed by atoms with Crippen LogP contribution in [0.25, 0.3) is 22.6 Å². The molecule has 3 rings (SSSR count). The number of pyridine rings is 1. The third kappa shape index (κ3) is 2.71. The van der Waals surface area contributed by atoms with Gasteiger partial charge < -0.3 is 4.57 Å². The number of aryl methyl sites for hydroxylation is 3. The first-order chi connectivity index (χ1) is 10.7. The predicted molar refractivity (Wildman–Crippen MR) is 87.3 cm³/mol. The molecule has 4 heteroatoms. The first-order valence-electron chi connectivity index (χ1n) is 7.46. The van der Waals surface area contributed by atoms with Crippen molar-refractivity contribution in [2.75, 3.05) is 0 Å². The minimum Gasteiger partial charge on any atom is -0.309 e. The van der Waals surface area contributed by atoms with E-state index in [-0.39, 0.29) is 0 Å². The van der Waals surface area contributed by atoms with Gasteiger partial charge in [-0.25, -0.2) is 9.97 Å². The maximum atomic E-state index is 8.78. The normalized spacial score (nSPS) is 10.8. The molecule has 0 unspecified atom stereocenters. The van der Waals surface area contributed by atoms with Crippen LogP contribution < -0.4 is 0 Å². The fourth-order valence-corrected chi connectivity index (χ4v) is 2.64. The summed E-state index contributed by atoms with van der Waals surface area (Å²) in [7, 11) is 0. The predicted octanol–water partition coefficient (Wildman–Crippen LogP) is 4.02. The number of imidazole rings is 1. The number of nitriles is 1. The Morgan fingerprint density at radius 1 is 1.18 bits per heavy atom. The van der Waals surface area contributed by atoms with E-state index < -0.39 is 0 Å². The van der Waals surface area contributed by atoms with E-state index in [9.17, 15) is 0 Å². The van der Waals surface area contributed by atoms with Crippen molar-refractivity contribution in [3.63, 3.8) is 0 Å². The van der Waals surface area contributed by atoms with E-state index in [1.165, 1.54) is 5.56 Å². The van der Waals surface area contributed by atoms with Crippen molar-refractivity contribution in [3.05, 3.63) is 47.7 Å². The highest BCUT2D eigenvalue weighted by molar-refractivity contribution is 5.77. The van der Waals surface area contributed by atoms with Crippen LogP contribution in [0.1, 0.15) is 24.0 Å². The van der Waals surface area contributed by atoms with Gasteiger partial charge in [-0.05, 0) is 38.0 Å². The average Bonchev–Trinajstić information content (AvgIpc) is 2.85. The zero-order valence-corrected chi connectivity index (χ0v) is 12.9. The van der Waals surface area contributed by atoms with Crippen LogP contribution in [0, 0.1) is 25.2 Å². The molecule has 0 fully saturated rings. The third-order valence-electron chi connectivity index (χ3n) is 3.67. The molecule has 0 bridgehead atoms. The van der Waals surface area contributed by atoms with Gasteiger partial charge >= 0.3 is 0 Å². The maximum Gasteiger partial charge on any atom is 0.160 e. The van der Waals surface area contributed by atoms with Crippen LogP contribution in [0.15, 0.2) is 36.5 Å². The van der Waals surface area contributed by atoms with Crippen molar-refractivity contribution >= 4 is 11.2 Å². The standard InChI is InChI=1S/C18H18N4/c1-13-6-5-7-15(10-13)17-21-16-11-14(2)12-20-18(16)22(17)9-4-3-8-19/h5-7,10-12H,3-4,9H2,1-2H3. The summed E-state index contributed by atoms with van der Waals surface area (Å²) in [6, 6.07) is 12.6. The second-order valence-electron chi connectivity index (χ2n) is 5.57. The molecule has 0 spiro atoms. The minimum atomic E-state index is 0.540.